The SMILES string of the molecule is Cc1nn(-c2ccccc2)c(C)c1CNC(=O)CCN.Cl. The first kappa shape index (κ1) is 17.2. The number of aryl methyl sites for hydroxylation is 1. The number of hydrogen-bond donors (Lipinski definition) is 2. The van der Waals surface area contributed by atoms with Crippen LogP contribution in [0.4, 0.5) is 0 Å². The van der Waals surface area contributed by atoms with Gasteiger partial charge >= 0.3 is 0 Å². The Labute approximate surface area is 130 Å². The summed E-state index contributed by atoms with van der Waals surface area (Å²) in [4.78, 5) is 11.5. The van der Waals surface area contributed by atoms with E-state index in [0.29, 0.717) is 19.5 Å². The summed E-state index contributed by atoms with van der Waals surface area (Å²) in [5, 5.41) is 7.42. The number of carbonyl (C=O) groups is 1. The van der Waals surface area contributed by atoms with Gasteiger partial charge in [0.15, 0.2) is 0 Å². The normalized spacial score (nSPS) is 10.0. The molecule has 1 heterocycles. The molecule has 1 aromatic carbocycles. The second-order valence-corrected chi connectivity index (χ2v) is 4.71. The van der Waals surface area contributed by atoms with Gasteiger partial charge in [-0.3, -0.25) is 4.79 Å². The Morgan fingerprint density at radius 2 is 1.95 bits per heavy atom. The van der Waals surface area contributed by atoms with Crippen LogP contribution in [0.1, 0.15) is 23.4 Å². The van der Waals surface area contributed by atoms with Gasteiger partial charge < -0.3 is 11.1 Å². The van der Waals surface area contributed by atoms with Crippen molar-refractivity contribution in [1.29, 1.82) is 0 Å². The summed E-state index contributed by atoms with van der Waals surface area (Å²) < 4.78 is 1.90. The summed E-state index contributed by atoms with van der Waals surface area (Å²) in [6.45, 7) is 4.82. The standard InChI is InChI=1S/C15H20N4O.ClH/c1-11-14(10-17-15(20)8-9-16)12(2)19(18-11)13-6-4-3-5-7-13;/h3-7H,8-10,16H2,1-2H3,(H,17,20);1H. The number of halogens is 1. The molecule has 2 rings (SSSR count). The Bertz CT molecular complexity index is 595. The van der Waals surface area contributed by atoms with Gasteiger partial charge in [0.2, 0.25) is 5.91 Å². The minimum atomic E-state index is -0.0289. The summed E-state index contributed by atoms with van der Waals surface area (Å²) in [6.07, 6.45) is 0.352. The van der Waals surface area contributed by atoms with Crippen molar-refractivity contribution >= 4 is 18.3 Å². The molecule has 0 saturated carbocycles. The van der Waals surface area contributed by atoms with E-state index in [1.165, 1.54) is 0 Å². The van der Waals surface area contributed by atoms with Crippen molar-refractivity contribution < 1.29 is 4.79 Å². The van der Waals surface area contributed by atoms with E-state index in [2.05, 4.69) is 10.4 Å². The van der Waals surface area contributed by atoms with E-state index in [0.717, 1.165) is 22.6 Å². The van der Waals surface area contributed by atoms with E-state index < -0.39 is 0 Å². The van der Waals surface area contributed by atoms with E-state index in [4.69, 9.17) is 5.73 Å². The van der Waals surface area contributed by atoms with Crippen LogP contribution >= 0.6 is 12.4 Å². The molecule has 0 unspecified atom stereocenters. The van der Waals surface area contributed by atoms with Gasteiger partial charge in [-0.1, -0.05) is 18.2 Å². The number of nitrogens with one attached hydrogen (secondary N) is 1. The first-order valence-corrected chi connectivity index (χ1v) is 6.70. The van der Waals surface area contributed by atoms with Gasteiger partial charge in [0.1, 0.15) is 0 Å². The van der Waals surface area contributed by atoms with Gasteiger partial charge in [0, 0.05) is 30.8 Å². The highest BCUT2D eigenvalue weighted by molar-refractivity contribution is 5.85. The lowest BCUT2D eigenvalue weighted by molar-refractivity contribution is -0.121. The molecule has 0 aliphatic rings. The maximum Gasteiger partial charge on any atom is 0.221 e. The number of nitrogens with two attached hydrogens (primary N) is 1. The third-order valence-corrected chi connectivity index (χ3v) is 3.28. The van der Waals surface area contributed by atoms with E-state index in [9.17, 15) is 4.79 Å². The van der Waals surface area contributed by atoms with Crippen LogP contribution < -0.4 is 11.1 Å². The predicted molar refractivity (Wildman–Crippen MR) is 85.8 cm³/mol. The van der Waals surface area contributed by atoms with Crippen LogP contribution in [-0.4, -0.2) is 22.2 Å². The molecule has 21 heavy (non-hydrogen) atoms. The maximum atomic E-state index is 11.5. The van der Waals surface area contributed by atoms with Crippen LogP contribution in [0.25, 0.3) is 5.69 Å². The number of hydrogen-bond acceptors (Lipinski definition) is 3. The number of rotatable bonds is 5. The highest BCUT2D eigenvalue weighted by Crippen LogP contribution is 2.17. The average molecular weight is 309 g/mol. The molecule has 1 aromatic heterocycles. The van der Waals surface area contributed by atoms with Crippen molar-refractivity contribution in [2.75, 3.05) is 6.54 Å². The molecule has 0 saturated heterocycles. The Hall–Kier alpha value is -1.85. The van der Waals surface area contributed by atoms with Gasteiger partial charge in [-0.2, -0.15) is 5.10 Å². The monoisotopic (exact) mass is 308 g/mol. The van der Waals surface area contributed by atoms with Crippen molar-refractivity contribution in [2.24, 2.45) is 5.73 Å². The number of amides is 1. The Kier molecular flexibility index (Phi) is 6.39. The molecule has 3 N–H and O–H groups in total. The fourth-order valence-electron chi connectivity index (χ4n) is 2.16. The molecule has 6 heteroatoms. The molecule has 0 radical (unpaired) electrons. The summed E-state index contributed by atoms with van der Waals surface area (Å²) in [5.41, 5.74) is 9.41. The lowest BCUT2D eigenvalue weighted by Gasteiger charge is -2.06. The number of aromatic nitrogens is 2. The van der Waals surface area contributed by atoms with Crippen molar-refractivity contribution in [3.05, 3.63) is 47.3 Å². The molecule has 0 bridgehead atoms. The molecular formula is C15H21ClN4O. The second kappa shape index (κ2) is 7.81. The maximum absolute atomic E-state index is 11.5. The van der Waals surface area contributed by atoms with Crippen LogP contribution in [-0.2, 0) is 11.3 Å². The van der Waals surface area contributed by atoms with E-state index in [1.54, 1.807) is 0 Å². The third kappa shape index (κ3) is 4.06. The van der Waals surface area contributed by atoms with Crippen molar-refractivity contribution in [3.63, 3.8) is 0 Å². The lowest BCUT2D eigenvalue weighted by Crippen LogP contribution is -2.25. The largest absolute Gasteiger partial charge is 0.352 e. The molecular weight excluding hydrogens is 288 g/mol. The van der Waals surface area contributed by atoms with Crippen molar-refractivity contribution in [2.45, 2.75) is 26.8 Å². The van der Waals surface area contributed by atoms with Gasteiger partial charge in [0.05, 0.1) is 11.4 Å². The molecule has 0 aliphatic carbocycles. The summed E-state index contributed by atoms with van der Waals surface area (Å²) in [5.74, 6) is -0.0289. The van der Waals surface area contributed by atoms with Crippen LogP contribution in [0.3, 0.4) is 0 Å². The topological polar surface area (TPSA) is 72.9 Å². The minimum Gasteiger partial charge on any atom is -0.352 e. The summed E-state index contributed by atoms with van der Waals surface area (Å²) in [6, 6.07) is 9.96. The van der Waals surface area contributed by atoms with E-state index in [-0.39, 0.29) is 18.3 Å². The molecule has 2 aromatic rings. The first-order chi connectivity index (χ1) is 9.63. The Balaban J connectivity index is 0.00000220. The van der Waals surface area contributed by atoms with E-state index >= 15 is 0 Å². The van der Waals surface area contributed by atoms with E-state index in [1.807, 2.05) is 48.9 Å². The quantitative estimate of drug-likeness (QED) is 0.885. The highest BCUT2D eigenvalue weighted by atomic mass is 35.5. The molecule has 0 aliphatic heterocycles. The minimum absolute atomic E-state index is 0. The third-order valence-electron chi connectivity index (χ3n) is 3.28. The highest BCUT2D eigenvalue weighted by Gasteiger charge is 2.13. The van der Waals surface area contributed by atoms with Crippen LogP contribution in [0.5, 0.6) is 0 Å². The fraction of sp³-hybridized carbons (Fsp3) is 0.333. The summed E-state index contributed by atoms with van der Waals surface area (Å²) in [7, 11) is 0. The van der Waals surface area contributed by atoms with Crippen LogP contribution in [0.15, 0.2) is 30.3 Å². The zero-order valence-electron chi connectivity index (χ0n) is 12.3. The van der Waals surface area contributed by atoms with Crippen molar-refractivity contribution in [3.8, 4) is 5.69 Å². The predicted octanol–water partition coefficient (Wildman–Crippen LogP) is 1.88. The number of carbonyl (C=O) groups excluding carboxylic acids is 1. The average Bonchev–Trinajstić information content (AvgIpc) is 2.73. The lowest BCUT2D eigenvalue weighted by atomic mass is 10.2. The fourth-order valence-corrected chi connectivity index (χ4v) is 2.16. The molecule has 0 fully saturated rings. The van der Waals surface area contributed by atoms with Crippen LogP contribution in [0.2, 0.25) is 0 Å². The van der Waals surface area contributed by atoms with Gasteiger partial charge in [0.25, 0.3) is 0 Å². The summed E-state index contributed by atoms with van der Waals surface area (Å²) >= 11 is 0. The second-order valence-electron chi connectivity index (χ2n) is 4.71. The number of nitrogens with zero attached hydrogens (tertiary/aromatic N) is 2. The van der Waals surface area contributed by atoms with Gasteiger partial charge in [-0.25, -0.2) is 4.68 Å². The first-order valence-electron chi connectivity index (χ1n) is 6.70. The molecule has 1 amide bonds. The zero-order valence-corrected chi connectivity index (χ0v) is 13.1. The molecule has 114 valence electrons. The van der Waals surface area contributed by atoms with Crippen molar-refractivity contribution in [1.82, 2.24) is 15.1 Å². The zero-order chi connectivity index (χ0) is 14.5. The number of para-hydroxylation sites is 1. The molecule has 0 spiro atoms. The number of benzene rings is 1. The molecule has 0 atom stereocenters. The Morgan fingerprint density at radius 3 is 2.57 bits per heavy atom. The van der Waals surface area contributed by atoms with Crippen LogP contribution in [0, 0.1) is 13.8 Å². The smallest absolute Gasteiger partial charge is 0.221 e. The van der Waals surface area contributed by atoms with Gasteiger partial charge in [-0.15, -0.1) is 12.4 Å². The van der Waals surface area contributed by atoms with Gasteiger partial charge in [-0.05, 0) is 26.0 Å². The Morgan fingerprint density at radius 1 is 1.29 bits per heavy atom. The molecule has 5 nitrogen and oxygen atoms in total.